The van der Waals surface area contributed by atoms with Crippen LogP contribution in [0.2, 0.25) is 0 Å². The molecule has 3 rings (SSSR count). The van der Waals surface area contributed by atoms with Crippen LogP contribution in [0.4, 0.5) is 5.69 Å². The summed E-state index contributed by atoms with van der Waals surface area (Å²) in [5, 5.41) is 2.98. The van der Waals surface area contributed by atoms with Gasteiger partial charge in [0, 0.05) is 0 Å². The van der Waals surface area contributed by atoms with Crippen LogP contribution in [-0.2, 0) is 5.75 Å². The Balaban J connectivity index is 1.61. The van der Waals surface area contributed by atoms with Crippen molar-refractivity contribution < 1.29 is 4.79 Å². The van der Waals surface area contributed by atoms with Crippen LogP contribution in [-0.4, -0.2) is 22.8 Å². The average molecular weight is 395 g/mol. The zero-order chi connectivity index (χ0) is 16.8. The SMILES string of the molecule is O=C(Nc1ccccc1[AsH2])c1ccc(CSc2ccccc2)cc1. The first kappa shape index (κ1) is 16.9. The number of para-hydroxylation sites is 1. The Hall–Kier alpha value is -1.96. The molecular weight excluding hydrogens is 377 g/mol. The van der Waals surface area contributed by atoms with Crippen LogP contribution >= 0.6 is 11.8 Å². The summed E-state index contributed by atoms with van der Waals surface area (Å²) in [7, 11) is 0. The van der Waals surface area contributed by atoms with Crippen molar-refractivity contribution in [3.05, 3.63) is 90.0 Å². The van der Waals surface area contributed by atoms with Crippen molar-refractivity contribution in [1.29, 1.82) is 0 Å². The van der Waals surface area contributed by atoms with E-state index in [1.54, 1.807) is 11.8 Å². The van der Waals surface area contributed by atoms with Crippen molar-refractivity contribution in [1.82, 2.24) is 0 Å². The van der Waals surface area contributed by atoms with E-state index in [0.717, 1.165) is 15.8 Å². The third-order valence-corrected chi connectivity index (χ3v) is 5.71. The molecule has 0 saturated heterocycles. The van der Waals surface area contributed by atoms with Crippen LogP contribution in [0.5, 0.6) is 0 Å². The molecule has 0 heterocycles. The number of carbonyl (C=O) groups is 1. The van der Waals surface area contributed by atoms with Crippen LogP contribution in [0, 0.1) is 0 Å². The van der Waals surface area contributed by atoms with Gasteiger partial charge in [-0.05, 0) is 0 Å². The number of benzene rings is 3. The molecule has 0 aliphatic rings. The zero-order valence-electron chi connectivity index (χ0n) is 13.1. The molecule has 0 aliphatic heterocycles. The summed E-state index contributed by atoms with van der Waals surface area (Å²) >= 11 is 3.30. The van der Waals surface area contributed by atoms with E-state index in [1.807, 2.05) is 66.7 Å². The number of nitrogens with one attached hydrogen (secondary N) is 1. The van der Waals surface area contributed by atoms with Gasteiger partial charge < -0.3 is 0 Å². The van der Waals surface area contributed by atoms with Crippen LogP contribution < -0.4 is 9.67 Å². The molecule has 2 nitrogen and oxygen atoms in total. The molecule has 0 spiro atoms. The number of hydrogen-bond acceptors (Lipinski definition) is 2. The Labute approximate surface area is 155 Å². The third kappa shape index (κ3) is 4.53. The molecule has 3 aromatic carbocycles. The van der Waals surface area contributed by atoms with Crippen LogP contribution in [0.15, 0.2) is 83.8 Å². The second kappa shape index (κ2) is 8.23. The molecule has 1 atom stereocenters. The number of anilines is 1. The van der Waals surface area contributed by atoms with Crippen molar-refractivity contribution in [2.45, 2.75) is 10.6 Å². The standard InChI is InChI=1S/C20H18AsNOS/c21-18-8-4-5-9-19(18)22-20(23)16-12-10-15(11-13-16)14-24-17-6-2-1-3-7-17/h1-13H,14,21H2,(H,22,23). The summed E-state index contributed by atoms with van der Waals surface area (Å²) in [5.74, 6) is 0.828. The van der Waals surface area contributed by atoms with Gasteiger partial charge in [0.05, 0.1) is 0 Å². The molecule has 1 amide bonds. The van der Waals surface area contributed by atoms with Gasteiger partial charge in [-0.3, -0.25) is 0 Å². The molecule has 0 fully saturated rings. The summed E-state index contributed by atoms with van der Waals surface area (Å²) in [6.07, 6.45) is 0. The minimum atomic E-state index is -0.0673. The van der Waals surface area contributed by atoms with Gasteiger partial charge >= 0.3 is 137 Å². The predicted molar refractivity (Wildman–Crippen MR) is 105 cm³/mol. The Morgan fingerprint density at radius 1 is 0.875 bits per heavy atom. The summed E-state index contributed by atoms with van der Waals surface area (Å²) in [6, 6.07) is 26.0. The molecule has 0 saturated carbocycles. The first-order valence-electron chi connectivity index (χ1n) is 7.65. The molecule has 1 N–H and O–H groups in total. The van der Waals surface area contributed by atoms with E-state index in [9.17, 15) is 4.79 Å². The van der Waals surface area contributed by atoms with Crippen LogP contribution in [0.3, 0.4) is 0 Å². The second-order valence-electron chi connectivity index (χ2n) is 5.34. The fourth-order valence-electron chi connectivity index (χ4n) is 2.24. The fourth-order valence-corrected chi connectivity index (χ4v) is 3.70. The molecule has 120 valence electrons. The number of hydrogen-bond donors (Lipinski definition) is 1. The maximum absolute atomic E-state index is 12.3. The number of thioether (sulfide) groups is 1. The summed E-state index contributed by atoms with van der Waals surface area (Å²) in [4.78, 5) is 13.6. The number of rotatable bonds is 5. The van der Waals surface area contributed by atoms with E-state index in [2.05, 4.69) is 17.4 Å². The molecule has 1 unspecified atom stereocenters. The maximum atomic E-state index is 12.3. The number of carbonyl (C=O) groups excluding carboxylic acids is 1. The van der Waals surface area contributed by atoms with Gasteiger partial charge in [0.25, 0.3) is 0 Å². The fraction of sp³-hybridized carbons (Fsp3) is 0.0500. The van der Waals surface area contributed by atoms with Crippen molar-refractivity contribution in [2.75, 3.05) is 5.32 Å². The Bertz CT molecular complexity index is 819. The van der Waals surface area contributed by atoms with E-state index in [-0.39, 0.29) is 5.91 Å². The molecule has 0 aromatic heterocycles. The Kier molecular flexibility index (Phi) is 5.79. The predicted octanol–water partition coefficient (Wildman–Crippen LogP) is 3.49. The molecule has 0 aliphatic carbocycles. The van der Waals surface area contributed by atoms with Gasteiger partial charge in [-0.15, -0.1) is 0 Å². The van der Waals surface area contributed by atoms with E-state index >= 15 is 0 Å². The average Bonchev–Trinajstić information content (AvgIpc) is 2.63. The first-order valence-corrected chi connectivity index (χ1v) is 9.85. The molecular formula is C20H18AsNOS. The van der Waals surface area contributed by atoms with Gasteiger partial charge in [-0.25, -0.2) is 0 Å². The molecule has 3 aromatic rings. The monoisotopic (exact) mass is 395 g/mol. The molecule has 4 heteroatoms. The first-order chi connectivity index (χ1) is 11.7. The van der Waals surface area contributed by atoms with E-state index in [0.29, 0.717) is 5.56 Å². The minimum absolute atomic E-state index is 0.0673. The van der Waals surface area contributed by atoms with Crippen molar-refractivity contribution in [3.63, 3.8) is 0 Å². The van der Waals surface area contributed by atoms with E-state index in [4.69, 9.17) is 0 Å². The second-order valence-corrected chi connectivity index (χ2v) is 7.69. The quantitative estimate of drug-likeness (QED) is 0.529. The molecule has 0 radical (unpaired) electrons. The van der Waals surface area contributed by atoms with Crippen molar-refractivity contribution in [3.8, 4) is 0 Å². The van der Waals surface area contributed by atoms with Crippen molar-refractivity contribution >= 4 is 44.6 Å². The third-order valence-electron chi connectivity index (χ3n) is 3.57. The number of amides is 1. The molecule has 24 heavy (non-hydrogen) atoms. The van der Waals surface area contributed by atoms with Gasteiger partial charge in [-0.1, -0.05) is 18.2 Å². The van der Waals surface area contributed by atoms with Gasteiger partial charge in [0.15, 0.2) is 0 Å². The summed E-state index contributed by atoms with van der Waals surface area (Å²) < 4.78 is 1.12. The van der Waals surface area contributed by atoms with E-state index < -0.39 is 0 Å². The van der Waals surface area contributed by atoms with Gasteiger partial charge in [0.2, 0.25) is 0 Å². The van der Waals surface area contributed by atoms with Crippen LogP contribution in [0.1, 0.15) is 15.9 Å². The summed E-state index contributed by atoms with van der Waals surface area (Å²) in [6.45, 7) is 0. The topological polar surface area (TPSA) is 29.1 Å². The van der Waals surface area contributed by atoms with Crippen LogP contribution in [0.25, 0.3) is 0 Å². The Morgan fingerprint density at radius 2 is 1.54 bits per heavy atom. The van der Waals surface area contributed by atoms with E-state index in [1.165, 1.54) is 27.3 Å². The summed E-state index contributed by atoms with van der Waals surface area (Å²) in [5.41, 5.74) is 2.77. The van der Waals surface area contributed by atoms with Gasteiger partial charge in [-0.2, -0.15) is 0 Å². The van der Waals surface area contributed by atoms with Crippen molar-refractivity contribution in [2.24, 2.45) is 0 Å². The zero-order valence-corrected chi connectivity index (χ0v) is 16.3. The van der Waals surface area contributed by atoms with Gasteiger partial charge in [0.1, 0.15) is 0 Å². The normalized spacial score (nSPS) is 10.4. The Morgan fingerprint density at radius 3 is 2.25 bits per heavy atom. The molecule has 0 bridgehead atoms.